The Balaban J connectivity index is 2.52. The van der Waals surface area contributed by atoms with Crippen molar-refractivity contribution in [2.75, 3.05) is 7.05 Å². The first-order valence-electron chi connectivity index (χ1n) is 5.33. The standard InChI is InChI=1S/C12H12Br2ClN3/c1-16-11(12-10(14)6-17-18(12)2)7-3-8(13)5-9(15)4-7/h3-6,11,16H,1-2H3. The molecule has 0 fully saturated rings. The molecule has 0 aliphatic rings. The highest BCUT2D eigenvalue weighted by Crippen LogP contribution is 2.31. The zero-order valence-electron chi connectivity index (χ0n) is 9.92. The maximum absolute atomic E-state index is 6.10. The summed E-state index contributed by atoms with van der Waals surface area (Å²) < 4.78 is 3.78. The van der Waals surface area contributed by atoms with Crippen LogP contribution in [0.2, 0.25) is 5.02 Å². The molecule has 0 saturated heterocycles. The van der Waals surface area contributed by atoms with Gasteiger partial charge in [-0.15, -0.1) is 0 Å². The Bertz CT molecular complexity index is 529. The minimum Gasteiger partial charge on any atom is -0.308 e. The molecular weight excluding hydrogens is 381 g/mol. The number of hydrogen-bond donors (Lipinski definition) is 1. The van der Waals surface area contributed by atoms with Gasteiger partial charge in [0.2, 0.25) is 0 Å². The third-order valence-electron chi connectivity index (χ3n) is 2.72. The monoisotopic (exact) mass is 391 g/mol. The van der Waals surface area contributed by atoms with Crippen molar-refractivity contribution in [3.8, 4) is 0 Å². The number of nitrogens with one attached hydrogen (secondary N) is 1. The molecule has 6 heteroatoms. The van der Waals surface area contributed by atoms with Crippen molar-refractivity contribution in [3.05, 3.63) is 49.6 Å². The molecule has 1 heterocycles. The summed E-state index contributed by atoms with van der Waals surface area (Å²) in [5.74, 6) is 0. The molecule has 18 heavy (non-hydrogen) atoms. The average molecular weight is 394 g/mol. The van der Waals surface area contributed by atoms with Gasteiger partial charge in [-0.2, -0.15) is 5.10 Å². The van der Waals surface area contributed by atoms with Crippen molar-refractivity contribution in [2.45, 2.75) is 6.04 Å². The lowest BCUT2D eigenvalue weighted by atomic mass is 10.0. The second-order valence-electron chi connectivity index (χ2n) is 3.93. The Kier molecular flexibility index (Phi) is 4.48. The van der Waals surface area contributed by atoms with Gasteiger partial charge < -0.3 is 5.32 Å². The molecule has 0 aliphatic heterocycles. The summed E-state index contributed by atoms with van der Waals surface area (Å²) in [6, 6.07) is 5.90. The number of aromatic nitrogens is 2. The molecule has 2 rings (SSSR count). The van der Waals surface area contributed by atoms with Crippen LogP contribution in [-0.4, -0.2) is 16.8 Å². The van der Waals surface area contributed by atoms with Gasteiger partial charge >= 0.3 is 0 Å². The summed E-state index contributed by atoms with van der Waals surface area (Å²) in [5, 5.41) is 8.23. The van der Waals surface area contributed by atoms with E-state index in [0.717, 1.165) is 20.2 Å². The van der Waals surface area contributed by atoms with Gasteiger partial charge in [-0.25, -0.2) is 0 Å². The van der Waals surface area contributed by atoms with Crippen LogP contribution in [0.25, 0.3) is 0 Å². The van der Waals surface area contributed by atoms with E-state index >= 15 is 0 Å². The Labute approximate surface area is 128 Å². The summed E-state index contributed by atoms with van der Waals surface area (Å²) in [5.41, 5.74) is 2.15. The Morgan fingerprint density at radius 3 is 2.56 bits per heavy atom. The van der Waals surface area contributed by atoms with E-state index in [0.29, 0.717) is 5.02 Å². The molecule has 1 unspecified atom stereocenters. The maximum atomic E-state index is 6.10. The van der Waals surface area contributed by atoms with Crippen molar-refractivity contribution in [1.29, 1.82) is 0 Å². The largest absolute Gasteiger partial charge is 0.308 e. The predicted molar refractivity (Wildman–Crippen MR) is 81.0 cm³/mol. The van der Waals surface area contributed by atoms with Gasteiger partial charge in [-0.05, 0) is 46.7 Å². The zero-order valence-corrected chi connectivity index (χ0v) is 13.8. The predicted octanol–water partition coefficient (Wildman–Crippen LogP) is 3.91. The van der Waals surface area contributed by atoms with E-state index < -0.39 is 0 Å². The zero-order chi connectivity index (χ0) is 13.3. The first kappa shape index (κ1) is 14.1. The molecule has 0 aliphatic carbocycles. The third kappa shape index (κ3) is 2.79. The van der Waals surface area contributed by atoms with Gasteiger partial charge in [0, 0.05) is 16.5 Å². The van der Waals surface area contributed by atoms with Crippen LogP contribution in [0, 0.1) is 0 Å². The first-order chi connectivity index (χ1) is 8.52. The minimum atomic E-state index is 0.0295. The molecule has 1 atom stereocenters. The van der Waals surface area contributed by atoms with E-state index in [2.05, 4.69) is 42.3 Å². The number of rotatable bonds is 3. The summed E-state index contributed by atoms with van der Waals surface area (Å²) in [6.07, 6.45) is 1.79. The number of halogens is 3. The van der Waals surface area contributed by atoms with E-state index in [-0.39, 0.29) is 6.04 Å². The lowest BCUT2D eigenvalue weighted by molar-refractivity contribution is 0.604. The van der Waals surface area contributed by atoms with Gasteiger partial charge in [0.1, 0.15) is 0 Å². The van der Waals surface area contributed by atoms with Gasteiger partial charge in [0.25, 0.3) is 0 Å². The third-order valence-corrected chi connectivity index (χ3v) is 4.00. The molecule has 1 aromatic carbocycles. The minimum absolute atomic E-state index is 0.0295. The van der Waals surface area contributed by atoms with Gasteiger partial charge in [-0.1, -0.05) is 27.5 Å². The molecule has 0 bridgehead atoms. The van der Waals surface area contributed by atoms with E-state index in [9.17, 15) is 0 Å². The molecule has 0 amide bonds. The lowest BCUT2D eigenvalue weighted by Crippen LogP contribution is -2.21. The lowest BCUT2D eigenvalue weighted by Gasteiger charge is -2.18. The van der Waals surface area contributed by atoms with Crippen LogP contribution in [0.15, 0.2) is 33.3 Å². The number of benzene rings is 1. The van der Waals surface area contributed by atoms with Crippen LogP contribution < -0.4 is 5.32 Å². The smallest absolute Gasteiger partial charge is 0.0758 e. The molecule has 1 aromatic heterocycles. The molecule has 3 nitrogen and oxygen atoms in total. The summed E-state index contributed by atoms with van der Waals surface area (Å²) in [6.45, 7) is 0. The Morgan fingerprint density at radius 1 is 1.33 bits per heavy atom. The van der Waals surface area contributed by atoms with E-state index in [1.165, 1.54) is 0 Å². The molecule has 0 saturated carbocycles. The van der Waals surface area contributed by atoms with E-state index in [1.807, 2.05) is 37.0 Å². The fourth-order valence-corrected chi connectivity index (χ4v) is 3.41. The molecule has 0 spiro atoms. The first-order valence-corrected chi connectivity index (χ1v) is 7.30. The van der Waals surface area contributed by atoms with Crippen molar-refractivity contribution >= 4 is 43.5 Å². The van der Waals surface area contributed by atoms with Crippen molar-refractivity contribution in [3.63, 3.8) is 0 Å². The Morgan fingerprint density at radius 2 is 2.06 bits per heavy atom. The highest BCUT2D eigenvalue weighted by molar-refractivity contribution is 9.10. The van der Waals surface area contributed by atoms with Gasteiger partial charge in [0.15, 0.2) is 0 Å². The highest BCUT2D eigenvalue weighted by Gasteiger charge is 2.19. The molecule has 96 valence electrons. The number of hydrogen-bond acceptors (Lipinski definition) is 2. The highest BCUT2D eigenvalue weighted by atomic mass is 79.9. The molecule has 2 aromatic rings. The molecule has 1 N–H and O–H groups in total. The quantitative estimate of drug-likeness (QED) is 0.857. The van der Waals surface area contributed by atoms with E-state index in [4.69, 9.17) is 11.6 Å². The van der Waals surface area contributed by atoms with Crippen LogP contribution >= 0.6 is 43.5 Å². The van der Waals surface area contributed by atoms with Gasteiger partial charge in [-0.3, -0.25) is 4.68 Å². The fraction of sp³-hybridized carbons (Fsp3) is 0.250. The normalized spacial score (nSPS) is 12.7. The van der Waals surface area contributed by atoms with Crippen LogP contribution in [0.5, 0.6) is 0 Å². The van der Waals surface area contributed by atoms with Crippen LogP contribution in [-0.2, 0) is 7.05 Å². The second kappa shape index (κ2) is 5.74. The van der Waals surface area contributed by atoms with Crippen LogP contribution in [0.1, 0.15) is 17.3 Å². The maximum Gasteiger partial charge on any atom is 0.0758 e. The number of aryl methyl sites for hydroxylation is 1. The second-order valence-corrected chi connectivity index (χ2v) is 6.13. The van der Waals surface area contributed by atoms with Crippen LogP contribution in [0.3, 0.4) is 0 Å². The number of nitrogens with zero attached hydrogens (tertiary/aromatic N) is 2. The average Bonchev–Trinajstić information content (AvgIpc) is 2.61. The van der Waals surface area contributed by atoms with Crippen molar-refractivity contribution < 1.29 is 0 Å². The van der Waals surface area contributed by atoms with Crippen molar-refractivity contribution in [1.82, 2.24) is 15.1 Å². The molecule has 0 radical (unpaired) electrons. The summed E-state index contributed by atoms with van der Waals surface area (Å²) in [7, 11) is 3.84. The van der Waals surface area contributed by atoms with Gasteiger partial charge in [0.05, 0.1) is 22.4 Å². The SMILES string of the molecule is CNC(c1cc(Cl)cc(Br)c1)c1c(Br)cnn1C. The van der Waals surface area contributed by atoms with E-state index in [1.54, 1.807) is 6.20 Å². The summed E-state index contributed by atoms with van der Waals surface area (Å²) >= 11 is 13.1. The van der Waals surface area contributed by atoms with Crippen LogP contribution in [0.4, 0.5) is 0 Å². The topological polar surface area (TPSA) is 29.9 Å². The molecular formula is C12H12Br2ClN3. The fourth-order valence-electron chi connectivity index (χ4n) is 1.95. The Hall–Kier alpha value is -0.360. The summed E-state index contributed by atoms with van der Waals surface area (Å²) in [4.78, 5) is 0. The van der Waals surface area contributed by atoms with Crippen molar-refractivity contribution in [2.24, 2.45) is 7.05 Å².